The van der Waals surface area contributed by atoms with Crippen molar-refractivity contribution in [1.82, 2.24) is 15.1 Å². The van der Waals surface area contributed by atoms with Crippen molar-refractivity contribution < 1.29 is 91.4 Å². The molecule has 4 aliphatic rings. The Morgan fingerprint density at radius 3 is 1.90 bits per heavy atom. The molecule has 2 saturated carbocycles. The average molecular weight is 1360 g/mol. The Morgan fingerprint density at radius 2 is 1.32 bits per heavy atom. The summed E-state index contributed by atoms with van der Waals surface area (Å²) >= 11 is 0. The van der Waals surface area contributed by atoms with Crippen molar-refractivity contribution in [2.75, 3.05) is 33.8 Å². The van der Waals surface area contributed by atoms with E-state index in [1.54, 1.807) is 92.7 Å². The number of amides is 3. The van der Waals surface area contributed by atoms with Crippen molar-refractivity contribution in [3.8, 4) is 22.6 Å². The molecule has 6 aromatic rings. The average Bonchev–Trinajstić information content (AvgIpc) is 0.669. The molecule has 24 nitrogen and oxygen atoms in total. The van der Waals surface area contributed by atoms with Crippen LogP contribution in [0.1, 0.15) is 106 Å². The number of aliphatic hydroxyl groups excluding tert-OH is 1. The summed E-state index contributed by atoms with van der Waals surface area (Å²) in [5, 5.41) is 41.5. The van der Waals surface area contributed by atoms with Gasteiger partial charge in [0.25, 0.3) is 5.91 Å². The number of fused-ring (bicyclic) bond motifs is 5. The maximum absolute atomic E-state index is 16.0. The first kappa shape index (κ1) is 71.5. The molecule has 3 N–H and O–H groups in total. The highest BCUT2D eigenvalue weighted by Crippen LogP contribution is 2.64. The number of ketones is 1. The van der Waals surface area contributed by atoms with E-state index in [1.165, 1.54) is 89.2 Å². The molecular weight excluding hydrogens is 1280 g/mol. The van der Waals surface area contributed by atoms with Crippen LogP contribution in [-0.4, -0.2) is 154 Å². The van der Waals surface area contributed by atoms with Gasteiger partial charge in [-0.1, -0.05) is 137 Å². The van der Waals surface area contributed by atoms with E-state index in [2.05, 4.69) is 5.32 Å². The quantitative estimate of drug-likeness (QED) is 0.0198. The number of carbonyl (C=O) groups excluding carboxylic acids is 8. The summed E-state index contributed by atoms with van der Waals surface area (Å²) in [5.74, 6) is -7.14. The summed E-state index contributed by atoms with van der Waals surface area (Å²) in [5.41, 5.74) is -7.02. The standard InChI is InChI=1S/C75H80N4O20/c1-44-56(39-75(89)65(98-67(85)52-29-21-14-22-30-52)63-73(8,57(82)38-58-74(63,43-93-58)99-46(3)81)64(83)61(94-45(2)80)59(44)72(75,6)7)96-68(86)62(60(50-25-17-12-18-26-50)76-66(84)51-27-19-13-20-28-51)97-70(88)78(10)42-71(4,5)41-77(9)69(87)92-40-47-31-36-54(79(90)91)55(37-47)95-53-34-32-49(33-35-53)48-23-15-11-16-24-48/h11-37,56-58,60-63,65,82,89H,38-43H2,1-10H3,(H,76,84)/t56-,57-,58+,60-,61+,62+,63-,65-,73+,74-,75+/m0/s1. The molecule has 11 atom stereocenters. The summed E-state index contributed by atoms with van der Waals surface area (Å²) in [4.78, 5) is 130. The van der Waals surface area contributed by atoms with Crippen LogP contribution in [0, 0.1) is 32.3 Å². The molecule has 3 amide bonds. The lowest BCUT2D eigenvalue weighted by atomic mass is 9.44. The number of hydrogen-bond acceptors (Lipinski definition) is 20. The van der Waals surface area contributed by atoms with Gasteiger partial charge in [0.1, 0.15) is 42.3 Å². The van der Waals surface area contributed by atoms with Crippen LogP contribution in [0.15, 0.2) is 175 Å². The Labute approximate surface area is 572 Å². The third-order valence-electron chi connectivity index (χ3n) is 19.4. The molecular formula is C75H80N4O20. The lowest BCUT2D eigenvalue weighted by Gasteiger charge is -2.67. The number of rotatable bonds is 21. The van der Waals surface area contributed by atoms with Crippen molar-refractivity contribution >= 4 is 53.4 Å². The zero-order chi connectivity index (χ0) is 71.5. The topological polar surface area (TPSA) is 313 Å². The minimum atomic E-state index is -2.55. The fraction of sp³-hybridized carbons (Fsp3) is 0.387. The number of nitro benzene ring substituents is 1. The van der Waals surface area contributed by atoms with Gasteiger partial charge in [-0.3, -0.25) is 29.3 Å². The Hall–Kier alpha value is -10.3. The van der Waals surface area contributed by atoms with Gasteiger partial charge < -0.3 is 63.2 Å². The van der Waals surface area contributed by atoms with Crippen molar-refractivity contribution in [2.24, 2.45) is 22.2 Å². The van der Waals surface area contributed by atoms with Gasteiger partial charge in [-0.05, 0) is 95.8 Å². The largest absolute Gasteiger partial charge is 0.455 e. The fourth-order valence-corrected chi connectivity index (χ4v) is 14.6. The van der Waals surface area contributed by atoms with Crippen LogP contribution >= 0.6 is 0 Å². The van der Waals surface area contributed by atoms with Crippen molar-refractivity contribution in [3.05, 3.63) is 207 Å². The molecule has 0 radical (unpaired) electrons. The molecule has 99 heavy (non-hydrogen) atoms. The van der Waals surface area contributed by atoms with Crippen LogP contribution in [0.2, 0.25) is 0 Å². The zero-order valence-corrected chi connectivity index (χ0v) is 56.5. The molecule has 10 rings (SSSR count). The Bertz CT molecular complexity index is 4080. The predicted octanol–water partition coefficient (Wildman–Crippen LogP) is 10.5. The summed E-state index contributed by atoms with van der Waals surface area (Å²) < 4.78 is 49.2. The first-order chi connectivity index (χ1) is 46.9. The number of Topliss-reactive ketones (excluding diaryl/α,β-unsaturated/α-hetero) is 1. The van der Waals surface area contributed by atoms with E-state index >= 15 is 9.59 Å². The molecule has 0 unspecified atom stereocenters. The minimum Gasteiger partial charge on any atom is -0.455 e. The maximum atomic E-state index is 16.0. The molecule has 2 bridgehead atoms. The first-order valence-corrected chi connectivity index (χ1v) is 32.3. The molecule has 1 saturated heterocycles. The highest BCUT2D eigenvalue weighted by atomic mass is 16.6. The summed E-state index contributed by atoms with van der Waals surface area (Å²) in [6.07, 6.45) is -13.3. The van der Waals surface area contributed by atoms with Gasteiger partial charge in [-0.2, -0.15) is 0 Å². The third kappa shape index (κ3) is 14.5. The second-order valence-corrected chi connectivity index (χ2v) is 27.2. The summed E-state index contributed by atoms with van der Waals surface area (Å²) in [6, 6.07) is 43.0. The van der Waals surface area contributed by atoms with E-state index in [0.717, 1.165) is 29.9 Å². The maximum Gasteiger partial charge on any atom is 0.410 e. The highest BCUT2D eigenvalue weighted by molar-refractivity contribution is 5.96. The van der Waals surface area contributed by atoms with Gasteiger partial charge in [-0.25, -0.2) is 19.2 Å². The number of hydrogen-bond donors (Lipinski definition) is 3. The van der Waals surface area contributed by atoms with Crippen LogP contribution in [0.4, 0.5) is 15.3 Å². The van der Waals surface area contributed by atoms with E-state index in [4.69, 9.17) is 37.9 Å². The Kier molecular flexibility index (Phi) is 20.7. The van der Waals surface area contributed by atoms with E-state index in [9.17, 15) is 49.1 Å². The zero-order valence-electron chi connectivity index (χ0n) is 56.5. The Balaban J connectivity index is 0.950. The lowest BCUT2D eigenvalue weighted by molar-refractivity contribution is -0.385. The van der Waals surface area contributed by atoms with E-state index in [1.807, 2.05) is 42.5 Å². The van der Waals surface area contributed by atoms with Crippen LogP contribution in [0.3, 0.4) is 0 Å². The second kappa shape index (κ2) is 28.6. The number of benzene rings is 6. The predicted molar refractivity (Wildman–Crippen MR) is 356 cm³/mol. The van der Waals surface area contributed by atoms with Crippen LogP contribution in [0.25, 0.3) is 11.1 Å². The molecule has 0 aromatic heterocycles. The smallest absolute Gasteiger partial charge is 0.410 e. The van der Waals surface area contributed by atoms with Gasteiger partial charge in [-0.15, -0.1) is 0 Å². The molecule has 24 heteroatoms. The number of ether oxygens (including phenoxy) is 8. The van der Waals surface area contributed by atoms with Gasteiger partial charge in [0, 0.05) is 76.3 Å². The molecule has 3 fully saturated rings. The molecule has 0 spiro atoms. The molecule has 1 aliphatic heterocycles. The van der Waals surface area contributed by atoms with E-state index in [-0.39, 0.29) is 72.0 Å². The first-order valence-electron chi connectivity index (χ1n) is 32.3. The van der Waals surface area contributed by atoms with Crippen LogP contribution in [-0.2, 0) is 58.9 Å². The van der Waals surface area contributed by atoms with E-state index in [0.29, 0.717) is 11.3 Å². The van der Waals surface area contributed by atoms with Crippen LogP contribution in [0.5, 0.6) is 11.5 Å². The summed E-state index contributed by atoms with van der Waals surface area (Å²) in [7, 11) is 2.86. The number of esters is 4. The number of carbonyl (C=O) groups is 8. The Morgan fingerprint density at radius 1 is 0.747 bits per heavy atom. The van der Waals surface area contributed by atoms with Gasteiger partial charge in [0.15, 0.2) is 17.5 Å². The number of nitrogens with zero attached hydrogens (tertiary/aromatic N) is 3. The van der Waals surface area contributed by atoms with Crippen molar-refractivity contribution in [1.29, 1.82) is 0 Å². The minimum absolute atomic E-state index is 0.00833. The monoisotopic (exact) mass is 1360 g/mol. The van der Waals surface area contributed by atoms with Crippen molar-refractivity contribution in [2.45, 2.75) is 129 Å². The second-order valence-electron chi connectivity index (χ2n) is 27.2. The third-order valence-corrected chi connectivity index (χ3v) is 19.4. The van der Waals surface area contributed by atoms with E-state index < -0.39 is 135 Å². The molecule has 1 heterocycles. The van der Waals surface area contributed by atoms with Gasteiger partial charge >= 0.3 is 41.8 Å². The molecule has 6 aromatic carbocycles. The number of nitrogens with one attached hydrogen (secondary N) is 1. The molecule has 520 valence electrons. The van der Waals surface area contributed by atoms with Gasteiger partial charge in [0.05, 0.1) is 34.5 Å². The normalized spacial score (nSPS) is 24.2. The molecule has 3 aliphatic carbocycles. The van der Waals surface area contributed by atoms with Crippen LogP contribution < -0.4 is 10.1 Å². The number of nitro groups is 1. The van der Waals surface area contributed by atoms with Crippen molar-refractivity contribution in [3.63, 3.8) is 0 Å². The van der Waals surface area contributed by atoms with Gasteiger partial charge in [0.2, 0.25) is 11.9 Å². The summed E-state index contributed by atoms with van der Waals surface area (Å²) in [6.45, 7) is 10.7. The SMILES string of the molecule is CC(=O)O[C@H]1C(=O)[C@@]2(C)[C@H]([C@H](OC(=O)c3ccccc3)[C@]3(O)C[C@H](OC(=O)[C@H](OC(=O)N(C)CC(C)(C)CN(C)C(=O)OCc4ccc([N+](=O)[O-])c(Oc5ccc(-c6ccccc6)cc5)c4)[C@@H](NC(=O)c4ccccc4)c4ccccc4)C(C)=C1C3(C)C)[C@]1(OC(C)=O)CO[C@@H]1C[C@@H]2O. The lowest BCUT2D eigenvalue weighted by Crippen LogP contribution is -2.82. The fourth-order valence-electron chi connectivity index (χ4n) is 14.6. The highest BCUT2D eigenvalue weighted by Gasteiger charge is 2.78. The number of aliphatic hydroxyl groups is 2.